The van der Waals surface area contributed by atoms with Crippen LogP contribution in [0.25, 0.3) is 0 Å². The minimum atomic E-state index is -0.804. The fourth-order valence-corrected chi connectivity index (χ4v) is 3.18. The summed E-state index contributed by atoms with van der Waals surface area (Å²) in [6.07, 6.45) is 7.50. The first kappa shape index (κ1) is 16.3. The van der Waals surface area contributed by atoms with Crippen LogP contribution in [0.4, 0.5) is 0 Å². The van der Waals surface area contributed by atoms with Gasteiger partial charge in [-0.1, -0.05) is 39.0 Å². The highest BCUT2D eigenvalue weighted by molar-refractivity contribution is 7.99. The lowest BCUT2D eigenvalue weighted by atomic mass is 9.83. The molecule has 0 aromatic rings. The van der Waals surface area contributed by atoms with E-state index in [9.17, 15) is 9.59 Å². The van der Waals surface area contributed by atoms with Gasteiger partial charge in [0, 0.05) is 18.2 Å². The van der Waals surface area contributed by atoms with Gasteiger partial charge in [-0.25, -0.2) is 0 Å². The van der Waals surface area contributed by atoms with Crippen molar-refractivity contribution in [2.45, 2.75) is 45.4 Å². The molecule has 1 atom stereocenters. The van der Waals surface area contributed by atoms with Gasteiger partial charge < -0.3 is 10.4 Å². The zero-order valence-electron chi connectivity index (χ0n) is 11.7. The lowest BCUT2D eigenvalue weighted by Crippen LogP contribution is -2.32. The molecule has 110 valence electrons. The molecular weight excluding hydrogens is 262 g/mol. The molecule has 4 nitrogen and oxygen atoms in total. The van der Waals surface area contributed by atoms with E-state index in [1.54, 1.807) is 0 Å². The molecule has 0 aromatic carbocycles. The molecule has 5 heteroatoms. The van der Waals surface area contributed by atoms with Crippen LogP contribution < -0.4 is 5.32 Å². The lowest BCUT2D eigenvalue weighted by molar-refractivity contribution is -0.134. The third kappa shape index (κ3) is 7.45. The Bertz CT molecular complexity index is 290. The van der Waals surface area contributed by atoms with Gasteiger partial charge in [-0.3, -0.25) is 9.59 Å². The van der Waals surface area contributed by atoms with Gasteiger partial charge in [0.05, 0.1) is 5.75 Å². The number of carbonyl (C=O) groups is 2. The van der Waals surface area contributed by atoms with Crippen LogP contribution in [0.5, 0.6) is 0 Å². The van der Waals surface area contributed by atoms with E-state index in [-0.39, 0.29) is 17.6 Å². The Morgan fingerprint density at radius 3 is 2.63 bits per heavy atom. The van der Waals surface area contributed by atoms with Crippen LogP contribution in [0.15, 0.2) is 0 Å². The van der Waals surface area contributed by atoms with E-state index in [4.69, 9.17) is 5.11 Å². The minimum Gasteiger partial charge on any atom is -0.481 e. The Labute approximate surface area is 119 Å². The van der Waals surface area contributed by atoms with Gasteiger partial charge >= 0.3 is 5.97 Å². The molecule has 1 unspecified atom stereocenters. The smallest absolute Gasteiger partial charge is 0.313 e. The molecule has 1 fully saturated rings. The molecule has 0 spiro atoms. The van der Waals surface area contributed by atoms with E-state index < -0.39 is 5.97 Å². The van der Waals surface area contributed by atoms with Crippen molar-refractivity contribution in [2.75, 3.05) is 18.1 Å². The molecule has 0 bridgehead atoms. The summed E-state index contributed by atoms with van der Waals surface area (Å²) in [6, 6.07) is 0. The summed E-state index contributed by atoms with van der Waals surface area (Å²) in [5, 5.41) is 11.4. The summed E-state index contributed by atoms with van der Waals surface area (Å²) in [5.74, 6) is 0.869. The Kier molecular flexibility index (Phi) is 7.94. The van der Waals surface area contributed by atoms with Crippen molar-refractivity contribution < 1.29 is 14.7 Å². The number of nitrogens with one attached hydrogen (secondary N) is 1. The van der Waals surface area contributed by atoms with Crippen LogP contribution in [0.3, 0.4) is 0 Å². The number of rotatable bonds is 8. The van der Waals surface area contributed by atoms with Gasteiger partial charge in [-0.15, -0.1) is 11.8 Å². The van der Waals surface area contributed by atoms with E-state index in [1.165, 1.54) is 43.9 Å². The maximum atomic E-state index is 11.9. The van der Waals surface area contributed by atoms with Crippen molar-refractivity contribution in [3.05, 3.63) is 0 Å². The second kappa shape index (κ2) is 9.23. The van der Waals surface area contributed by atoms with E-state index in [1.807, 2.05) is 6.92 Å². The van der Waals surface area contributed by atoms with Gasteiger partial charge in [0.15, 0.2) is 0 Å². The first-order valence-electron chi connectivity index (χ1n) is 7.17. The Balaban J connectivity index is 2.08. The molecule has 1 rings (SSSR count). The van der Waals surface area contributed by atoms with Crippen LogP contribution in [0.1, 0.15) is 45.4 Å². The van der Waals surface area contributed by atoms with Gasteiger partial charge in [-0.2, -0.15) is 0 Å². The molecule has 1 saturated carbocycles. The SMILES string of the molecule is CC(CC1CCCCC1)C(=O)NCCSCC(=O)O. The minimum absolute atomic E-state index is 0.0765. The number of amides is 1. The van der Waals surface area contributed by atoms with E-state index in [0.717, 1.165) is 12.3 Å². The molecule has 1 aliphatic rings. The maximum absolute atomic E-state index is 11.9. The van der Waals surface area contributed by atoms with Crippen molar-refractivity contribution in [1.82, 2.24) is 5.32 Å². The maximum Gasteiger partial charge on any atom is 0.313 e. The van der Waals surface area contributed by atoms with E-state index in [0.29, 0.717) is 12.3 Å². The van der Waals surface area contributed by atoms with Gasteiger partial charge in [-0.05, 0) is 12.3 Å². The first-order chi connectivity index (χ1) is 9.09. The molecule has 19 heavy (non-hydrogen) atoms. The molecule has 0 radical (unpaired) electrons. The van der Waals surface area contributed by atoms with Crippen molar-refractivity contribution in [2.24, 2.45) is 11.8 Å². The Hall–Kier alpha value is -0.710. The zero-order chi connectivity index (χ0) is 14.1. The quantitative estimate of drug-likeness (QED) is 0.673. The van der Waals surface area contributed by atoms with Crippen molar-refractivity contribution in [1.29, 1.82) is 0 Å². The highest BCUT2D eigenvalue weighted by atomic mass is 32.2. The molecule has 0 heterocycles. The number of aliphatic carboxylic acids is 1. The number of thioether (sulfide) groups is 1. The molecule has 0 saturated heterocycles. The summed E-state index contributed by atoms with van der Waals surface area (Å²) in [5.41, 5.74) is 0. The number of carboxylic acid groups (broad SMARTS) is 1. The molecule has 2 N–H and O–H groups in total. The van der Waals surface area contributed by atoms with Crippen LogP contribution in [0, 0.1) is 11.8 Å². The summed E-state index contributed by atoms with van der Waals surface area (Å²) < 4.78 is 0. The van der Waals surface area contributed by atoms with Crippen molar-refractivity contribution >= 4 is 23.6 Å². The fraction of sp³-hybridized carbons (Fsp3) is 0.857. The Morgan fingerprint density at radius 2 is 2.00 bits per heavy atom. The molecule has 0 aliphatic heterocycles. The second-order valence-corrected chi connectivity index (χ2v) is 6.48. The van der Waals surface area contributed by atoms with Gasteiger partial charge in [0.2, 0.25) is 5.91 Å². The second-order valence-electron chi connectivity index (χ2n) is 5.38. The Morgan fingerprint density at radius 1 is 1.32 bits per heavy atom. The summed E-state index contributed by atoms with van der Waals surface area (Å²) in [7, 11) is 0. The van der Waals surface area contributed by atoms with Crippen molar-refractivity contribution in [3.63, 3.8) is 0 Å². The highest BCUT2D eigenvalue weighted by Gasteiger charge is 2.20. The molecule has 0 aromatic heterocycles. The number of carboxylic acids is 1. The third-order valence-electron chi connectivity index (χ3n) is 3.63. The first-order valence-corrected chi connectivity index (χ1v) is 8.32. The lowest BCUT2D eigenvalue weighted by Gasteiger charge is -2.24. The fourth-order valence-electron chi connectivity index (χ4n) is 2.61. The number of carbonyl (C=O) groups excluding carboxylic acids is 1. The van der Waals surface area contributed by atoms with Gasteiger partial charge in [0.1, 0.15) is 0 Å². The molecular formula is C14H25NO3S. The third-order valence-corrected chi connectivity index (χ3v) is 4.57. The number of hydrogen-bond acceptors (Lipinski definition) is 3. The average Bonchev–Trinajstić information content (AvgIpc) is 2.38. The summed E-state index contributed by atoms with van der Waals surface area (Å²) >= 11 is 1.34. The highest BCUT2D eigenvalue weighted by Crippen LogP contribution is 2.28. The van der Waals surface area contributed by atoms with Gasteiger partial charge in [0.25, 0.3) is 0 Å². The normalized spacial score (nSPS) is 17.9. The van der Waals surface area contributed by atoms with Crippen LogP contribution in [0.2, 0.25) is 0 Å². The predicted octanol–water partition coefficient (Wildman–Crippen LogP) is 2.53. The predicted molar refractivity (Wildman–Crippen MR) is 78.3 cm³/mol. The topological polar surface area (TPSA) is 66.4 Å². The van der Waals surface area contributed by atoms with Crippen LogP contribution in [-0.4, -0.2) is 35.0 Å². The molecule has 1 aliphatic carbocycles. The standard InChI is InChI=1S/C14H25NO3S/c1-11(9-12-5-3-2-4-6-12)14(18)15-7-8-19-10-13(16)17/h11-12H,2-10H2,1H3,(H,15,18)(H,16,17). The zero-order valence-corrected chi connectivity index (χ0v) is 12.5. The summed E-state index contributed by atoms with van der Waals surface area (Å²) in [6.45, 7) is 2.56. The van der Waals surface area contributed by atoms with E-state index in [2.05, 4.69) is 5.32 Å². The monoisotopic (exact) mass is 287 g/mol. The molecule has 1 amide bonds. The van der Waals surface area contributed by atoms with Crippen molar-refractivity contribution in [3.8, 4) is 0 Å². The number of hydrogen-bond donors (Lipinski definition) is 2. The largest absolute Gasteiger partial charge is 0.481 e. The van der Waals surface area contributed by atoms with Crippen LogP contribution in [-0.2, 0) is 9.59 Å². The summed E-state index contributed by atoms with van der Waals surface area (Å²) in [4.78, 5) is 22.2. The average molecular weight is 287 g/mol. The van der Waals surface area contributed by atoms with E-state index >= 15 is 0 Å². The van der Waals surface area contributed by atoms with Crippen LogP contribution >= 0.6 is 11.8 Å².